The zero-order chi connectivity index (χ0) is 23.5. The topological polar surface area (TPSA) is 50.4 Å². The number of hydrogen-bond acceptors (Lipinski definition) is 2. The molecule has 2 aliphatic carbocycles. The van der Waals surface area contributed by atoms with Crippen LogP contribution in [0.4, 0.5) is 9.18 Å². The molecular weight excluding hydrogens is 427 g/mol. The van der Waals surface area contributed by atoms with E-state index in [4.69, 9.17) is 4.74 Å². The summed E-state index contributed by atoms with van der Waals surface area (Å²) in [6, 6.07) is 21.5. The molecule has 0 aliphatic heterocycles. The van der Waals surface area contributed by atoms with Crippen molar-refractivity contribution < 1.29 is 13.9 Å². The van der Waals surface area contributed by atoms with Crippen molar-refractivity contribution in [3.05, 3.63) is 94.8 Å². The summed E-state index contributed by atoms with van der Waals surface area (Å²) in [4.78, 5) is 12.9. The third-order valence-electron chi connectivity index (χ3n) is 7.18. The minimum absolute atomic E-state index is 0.0963. The Balaban J connectivity index is 1.14. The number of fused-ring (bicyclic) bond motifs is 3. The Bertz CT molecular complexity index is 1120. The first-order valence-corrected chi connectivity index (χ1v) is 12.3. The third-order valence-corrected chi connectivity index (χ3v) is 7.18. The van der Waals surface area contributed by atoms with Crippen molar-refractivity contribution in [3.63, 3.8) is 0 Å². The standard InChI is InChI=1S/C29H31FN2O2/c1-2-19-8-7-13-27(30)26(19)18-34-21-16-14-20(15-17-21)31-29(33)32-28-24-11-5-3-9-22(24)23-10-4-6-12-25(23)28/h3-13,20-21,28H,2,14-18H2,1H3,(H2,31,32,33). The van der Waals surface area contributed by atoms with Crippen LogP contribution in [-0.4, -0.2) is 18.2 Å². The van der Waals surface area contributed by atoms with Gasteiger partial charge in [0.15, 0.2) is 0 Å². The van der Waals surface area contributed by atoms with Gasteiger partial charge in [-0.3, -0.25) is 0 Å². The van der Waals surface area contributed by atoms with Crippen molar-refractivity contribution in [3.8, 4) is 11.1 Å². The molecule has 4 nitrogen and oxygen atoms in total. The second-order valence-corrected chi connectivity index (χ2v) is 9.24. The van der Waals surface area contributed by atoms with E-state index in [9.17, 15) is 9.18 Å². The number of urea groups is 1. The number of benzene rings is 3. The molecular formula is C29H31FN2O2. The van der Waals surface area contributed by atoms with Crippen molar-refractivity contribution in [2.24, 2.45) is 0 Å². The first-order chi connectivity index (χ1) is 16.6. The average Bonchev–Trinajstić information content (AvgIpc) is 3.17. The number of carbonyl (C=O) groups is 1. The van der Waals surface area contributed by atoms with Crippen LogP contribution < -0.4 is 10.6 Å². The second kappa shape index (κ2) is 9.98. The Morgan fingerprint density at radius 2 is 1.53 bits per heavy atom. The van der Waals surface area contributed by atoms with Gasteiger partial charge < -0.3 is 15.4 Å². The highest BCUT2D eigenvalue weighted by atomic mass is 19.1. The fourth-order valence-corrected chi connectivity index (χ4v) is 5.34. The van der Waals surface area contributed by atoms with Gasteiger partial charge in [0.1, 0.15) is 5.82 Å². The van der Waals surface area contributed by atoms with Crippen LogP contribution in [0, 0.1) is 5.82 Å². The molecule has 5 rings (SSSR count). The molecule has 0 heterocycles. The zero-order valence-corrected chi connectivity index (χ0v) is 19.5. The fourth-order valence-electron chi connectivity index (χ4n) is 5.34. The number of ether oxygens (including phenoxy) is 1. The van der Waals surface area contributed by atoms with Gasteiger partial charge in [-0.05, 0) is 66.0 Å². The zero-order valence-electron chi connectivity index (χ0n) is 19.5. The maximum absolute atomic E-state index is 14.2. The van der Waals surface area contributed by atoms with Crippen molar-refractivity contribution in [1.29, 1.82) is 0 Å². The molecule has 0 bridgehead atoms. The maximum Gasteiger partial charge on any atom is 0.315 e. The molecule has 3 aromatic rings. The lowest BCUT2D eigenvalue weighted by atomic mass is 9.93. The molecule has 2 amide bonds. The van der Waals surface area contributed by atoms with Crippen LogP contribution >= 0.6 is 0 Å². The summed E-state index contributed by atoms with van der Waals surface area (Å²) < 4.78 is 20.3. The van der Waals surface area contributed by atoms with Crippen LogP contribution in [0.15, 0.2) is 66.7 Å². The summed E-state index contributed by atoms with van der Waals surface area (Å²) in [6.45, 7) is 2.34. The fraction of sp³-hybridized carbons (Fsp3) is 0.345. The van der Waals surface area contributed by atoms with Gasteiger partial charge in [-0.15, -0.1) is 0 Å². The van der Waals surface area contributed by atoms with E-state index < -0.39 is 0 Å². The molecule has 0 atom stereocenters. The van der Waals surface area contributed by atoms with Crippen LogP contribution in [0.3, 0.4) is 0 Å². The Morgan fingerprint density at radius 3 is 2.18 bits per heavy atom. The van der Waals surface area contributed by atoms with Crippen LogP contribution in [0.5, 0.6) is 0 Å². The van der Waals surface area contributed by atoms with Crippen LogP contribution in [-0.2, 0) is 17.8 Å². The van der Waals surface area contributed by atoms with Crippen LogP contribution in [0.2, 0.25) is 0 Å². The van der Waals surface area contributed by atoms with E-state index in [-0.39, 0.29) is 30.0 Å². The van der Waals surface area contributed by atoms with E-state index in [1.54, 1.807) is 6.07 Å². The number of amides is 2. The Kier molecular flexibility index (Phi) is 6.63. The first kappa shape index (κ1) is 22.6. The van der Waals surface area contributed by atoms with E-state index in [1.807, 2.05) is 37.3 Å². The number of rotatable bonds is 6. The molecule has 0 spiro atoms. The molecule has 5 heteroatoms. The Labute approximate surface area is 200 Å². The molecule has 0 aromatic heterocycles. The first-order valence-electron chi connectivity index (χ1n) is 12.3. The average molecular weight is 459 g/mol. The van der Waals surface area contributed by atoms with E-state index in [1.165, 1.54) is 17.2 Å². The van der Waals surface area contributed by atoms with Crippen molar-refractivity contribution >= 4 is 6.03 Å². The van der Waals surface area contributed by atoms with E-state index in [0.29, 0.717) is 12.2 Å². The number of carbonyl (C=O) groups excluding carboxylic acids is 1. The highest BCUT2D eigenvalue weighted by Crippen LogP contribution is 2.43. The highest BCUT2D eigenvalue weighted by molar-refractivity contribution is 5.82. The minimum Gasteiger partial charge on any atom is -0.373 e. The van der Waals surface area contributed by atoms with Gasteiger partial charge in [0, 0.05) is 11.6 Å². The van der Waals surface area contributed by atoms with Gasteiger partial charge >= 0.3 is 6.03 Å². The van der Waals surface area contributed by atoms with Gasteiger partial charge in [0.05, 0.1) is 18.8 Å². The van der Waals surface area contributed by atoms with Gasteiger partial charge in [-0.1, -0.05) is 67.6 Å². The lowest BCUT2D eigenvalue weighted by molar-refractivity contribution is 0.0105. The molecule has 176 valence electrons. The summed E-state index contributed by atoms with van der Waals surface area (Å²) in [5, 5.41) is 6.36. The van der Waals surface area contributed by atoms with E-state index in [0.717, 1.165) is 48.8 Å². The van der Waals surface area contributed by atoms with Crippen LogP contribution in [0.1, 0.15) is 60.9 Å². The van der Waals surface area contributed by atoms with Crippen molar-refractivity contribution in [2.45, 2.75) is 63.8 Å². The van der Waals surface area contributed by atoms with E-state index in [2.05, 4.69) is 34.9 Å². The number of hydrogen-bond donors (Lipinski definition) is 2. The summed E-state index contributed by atoms with van der Waals surface area (Å²) >= 11 is 0. The predicted molar refractivity (Wildman–Crippen MR) is 132 cm³/mol. The second-order valence-electron chi connectivity index (χ2n) is 9.24. The lowest BCUT2D eigenvalue weighted by Crippen LogP contribution is -2.45. The summed E-state index contributed by atoms with van der Waals surface area (Å²) in [6.07, 6.45) is 4.31. The monoisotopic (exact) mass is 458 g/mol. The molecule has 2 aliphatic rings. The summed E-state index contributed by atoms with van der Waals surface area (Å²) in [5.41, 5.74) is 6.30. The van der Waals surface area contributed by atoms with Crippen LogP contribution in [0.25, 0.3) is 11.1 Å². The SMILES string of the molecule is CCc1cccc(F)c1COC1CCC(NC(=O)NC2c3ccccc3-c3ccccc32)CC1. The molecule has 2 N–H and O–H groups in total. The molecule has 1 fully saturated rings. The van der Waals surface area contributed by atoms with Crippen molar-refractivity contribution in [2.75, 3.05) is 0 Å². The smallest absolute Gasteiger partial charge is 0.315 e. The quantitative estimate of drug-likeness (QED) is 0.456. The Morgan fingerprint density at radius 1 is 0.882 bits per heavy atom. The van der Waals surface area contributed by atoms with E-state index >= 15 is 0 Å². The Hall–Kier alpha value is -3.18. The normalized spacial score (nSPS) is 19.4. The highest BCUT2D eigenvalue weighted by Gasteiger charge is 2.30. The maximum atomic E-state index is 14.2. The summed E-state index contributed by atoms with van der Waals surface area (Å²) in [5.74, 6) is -0.193. The predicted octanol–water partition coefficient (Wildman–Crippen LogP) is 6.29. The van der Waals surface area contributed by atoms with Gasteiger partial charge in [0.25, 0.3) is 0 Å². The molecule has 0 unspecified atom stereocenters. The molecule has 1 saturated carbocycles. The molecule has 34 heavy (non-hydrogen) atoms. The van der Waals surface area contributed by atoms with Gasteiger partial charge in [-0.25, -0.2) is 9.18 Å². The number of nitrogens with one attached hydrogen (secondary N) is 2. The summed E-state index contributed by atoms with van der Waals surface area (Å²) in [7, 11) is 0. The van der Waals surface area contributed by atoms with Crippen molar-refractivity contribution in [1.82, 2.24) is 10.6 Å². The largest absolute Gasteiger partial charge is 0.373 e. The molecule has 3 aromatic carbocycles. The van der Waals surface area contributed by atoms with Gasteiger partial charge in [0.2, 0.25) is 0 Å². The lowest BCUT2D eigenvalue weighted by Gasteiger charge is -2.30. The number of aryl methyl sites for hydroxylation is 1. The number of halogens is 1. The third kappa shape index (κ3) is 4.58. The molecule has 0 radical (unpaired) electrons. The minimum atomic E-state index is -0.193. The van der Waals surface area contributed by atoms with Gasteiger partial charge in [-0.2, -0.15) is 0 Å². The molecule has 0 saturated heterocycles.